The fourth-order valence-electron chi connectivity index (χ4n) is 3.94. The Hall–Kier alpha value is -2.22. The first kappa shape index (κ1) is 22.5. The quantitative estimate of drug-likeness (QED) is 0.593. The maximum atomic E-state index is 12.9. The molecule has 0 atom stereocenters. The Bertz CT molecular complexity index is 932. The number of hydrogen-bond acceptors (Lipinski definition) is 4. The first-order chi connectivity index (χ1) is 14.4. The molecule has 6 nitrogen and oxygen atoms in total. The molecule has 30 heavy (non-hydrogen) atoms. The van der Waals surface area contributed by atoms with Gasteiger partial charge >= 0.3 is 5.97 Å². The van der Waals surface area contributed by atoms with E-state index in [1.54, 1.807) is 28.6 Å². The zero-order chi connectivity index (χ0) is 21.6. The molecule has 0 spiro atoms. The fraction of sp³-hybridized carbons (Fsp3) is 0.435. The van der Waals surface area contributed by atoms with Crippen molar-refractivity contribution in [3.63, 3.8) is 0 Å². The predicted molar refractivity (Wildman–Crippen MR) is 117 cm³/mol. The van der Waals surface area contributed by atoms with Crippen molar-refractivity contribution in [1.29, 1.82) is 0 Å². The summed E-state index contributed by atoms with van der Waals surface area (Å²) in [6, 6.07) is 15.3. The minimum absolute atomic E-state index is 0.219. The number of benzene rings is 2. The van der Waals surface area contributed by atoms with Gasteiger partial charge in [0.15, 0.2) is 0 Å². The van der Waals surface area contributed by atoms with E-state index in [1.165, 1.54) is 11.1 Å². The minimum atomic E-state index is -3.47. The summed E-state index contributed by atoms with van der Waals surface area (Å²) in [5.74, 6) is -0.386. The number of aliphatic carboxylic acids is 1. The second-order valence-corrected chi connectivity index (χ2v) is 9.81. The van der Waals surface area contributed by atoms with E-state index in [9.17, 15) is 13.2 Å². The number of carboxylic acid groups (broad SMARTS) is 1. The molecule has 1 heterocycles. The molecule has 0 radical (unpaired) electrons. The number of sulfonamides is 1. The topological polar surface area (TPSA) is 101 Å². The van der Waals surface area contributed by atoms with Gasteiger partial charge in [0.05, 0.1) is 4.90 Å². The lowest BCUT2D eigenvalue weighted by atomic mass is 9.89. The van der Waals surface area contributed by atoms with E-state index in [1.807, 2.05) is 0 Å². The van der Waals surface area contributed by atoms with E-state index in [4.69, 9.17) is 10.8 Å². The smallest absolute Gasteiger partial charge is 0.303 e. The Morgan fingerprint density at radius 1 is 0.967 bits per heavy atom. The molecule has 0 amide bonds. The van der Waals surface area contributed by atoms with Crippen LogP contribution in [0.4, 0.5) is 0 Å². The zero-order valence-corrected chi connectivity index (χ0v) is 18.0. The zero-order valence-electron chi connectivity index (χ0n) is 17.2. The van der Waals surface area contributed by atoms with E-state index in [-0.39, 0.29) is 6.42 Å². The molecule has 162 valence electrons. The highest BCUT2D eigenvalue weighted by atomic mass is 32.2. The molecule has 2 aromatic rings. The van der Waals surface area contributed by atoms with Crippen LogP contribution in [0.25, 0.3) is 0 Å². The number of aryl methyl sites for hydroxylation is 1. The number of hydrogen-bond donors (Lipinski definition) is 2. The van der Waals surface area contributed by atoms with Crippen LogP contribution in [0.1, 0.15) is 54.7 Å². The minimum Gasteiger partial charge on any atom is -0.481 e. The van der Waals surface area contributed by atoms with Crippen LogP contribution < -0.4 is 5.73 Å². The number of rotatable bonds is 9. The summed E-state index contributed by atoms with van der Waals surface area (Å²) in [5, 5.41) is 8.70. The number of carbonyl (C=O) groups is 1. The van der Waals surface area contributed by atoms with Crippen molar-refractivity contribution >= 4 is 16.0 Å². The van der Waals surface area contributed by atoms with Gasteiger partial charge < -0.3 is 10.8 Å². The first-order valence-electron chi connectivity index (χ1n) is 10.5. The molecule has 3 N–H and O–H groups in total. The molecular weight excluding hydrogens is 400 g/mol. The average molecular weight is 431 g/mol. The van der Waals surface area contributed by atoms with Gasteiger partial charge in [-0.1, -0.05) is 36.4 Å². The molecule has 0 unspecified atom stereocenters. The van der Waals surface area contributed by atoms with Gasteiger partial charge in [0.2, 0.25) is 10.0 Å². The van der Waals surface area contributed by atoms with Gasteiger partial charge in [-0.3, -0.25) is 4.79 Å². The molecular formula is C23H30N2O4S. The van der Waals surface area contributed by atoms with Crippen molar-refractivity contribution in [1.82, 2.24) is 4.31 Å². The third-order valence-corrected chi connectivity index (χ3v) is 7.72. The second-order valence-electron chi connectivity index (χ2n) is 7.87. The van der Waals surface area contributed by atoms with Crippen LogP contribution in [0.3, 0.4) is 0 Å². The van der Waals surface area contributed by atoms with Crippen molar-refractivity contribution in [2.24, 2.45) is 5.73 Å². The van der Waals surface area contributed by atoms with Gasteiger partial charge in [-0.15, -0.1) is 0 Å². The summed E-state index contributed by atoms with van der Waals surface area (Å²) in [5.41, 5.74) is 8.96. The van der Waals surface area contributed by atoms with Crippen LogP contribution >= 0.6 is 0 Å². The van der Waals surface area contributed by atoms with E-state index >= 15 is 0 Å². The lowest BCUT2D eigenvalue weighted by Gasteiger charge is -2.31. The van der Waals surface area contributed by atoms with Crippen LogP contribution in [-0.2, 0) is 27.8 Å². The highest BCUT2D eigenvalue weighted by Gasteiger charge is 2.29. The Kier molecular flexibility index (Phi) is 7.64. The lowest BCUT2D eigenvalue weighted by Crippen LogP contribution is -2.37. The van der Waals surface area contributed by atoms with Gasteiger partial charge in [0, 0.05) is 26.1 Å². The predicted octanol–water partition coefficient (Wildman–Crippen LogP) is 3.51. The summed E-state index contributed by atoms with van der Waals surface area (Å²) in [4.78, 5) is 10.9. The summed E-state index contributed by atoms with van der Waals surface area (Å²) in [6.45, 7) is 1.43. The van der Waals surface area contributed by atoms with Gasteiger partial charge in [-0.2, -0.15) is 4.31 Å². The Morgan fingerprint density at radius 2 is 1.57 bits per heavy atom. The van der Waals surface area contributed by atoms with Crippen LogP contribution in [0.15, 0.2) is 53.4 Å². The van der Waals surface area contributed by atoms with Gasteiger partial charge in [0.1, 0.15) is 0 Å². The van der Waals surface area contributed by atoms with Crippen LogP contribution in [0, 0.1) is 0 Å². The van der Waals surface area contributed by atoms with E-state index in [0.717, 1.165) is 31.2 Å². The summed E-state index contributed by atoms with van der Waals surface area (Å²) < 4.78 is 27.4. The molecule has 3 rings (SSSR count). The van der Waals surface area contributed by atoms with E-state index in [0.29, 0.717) is 36.9 Å². The van der Waals surface area contributed by atoms with Crippen molar-refractivity contribution in [3.8, 4) is 0 Å². The molecule has 1 aliphatic heterocycles. The summed E-state index contributed by atoms with van der Waals surface area (Å²) >= 11 is 0. The van der Waals surface area contributed by atoms with Crippen molar-refractivity contribution in [2.45, 2.75) is 55.9 Å². The lowest BCUT2D eigenvalue weighted by molar-refractivity contribution is -0.137. The molecule has 1 aliphatic rings. The number of nitrogens with two attached hydrogens (primary N) is 1. The number of carboxylic acids is 1. The molecule has 2 aromatic carbocycles. The number of nitrogens with zero attached hydrogens (tertiary/aromatic N) is 1. The van der Waals surface area contributed by atoms with Gasteiger partial charge in [-0.25, -0.2) is 8.42 Å². The van der Waals surface area contributed by atoms with Crippen LogP contribution in [-0.4, -0.2) is 36.9 Å². The largest absolute Gasteiger partial charge is 0.481 e. The third kappa shape index (κ3) is 5.68. The molecule has 7 heteroatoms. The maximum Gasteiger partial charge on any atom is 0.303 e. The number of unbranched alkanes of at least 4 members (excludes halogenated alkanes) is 1. The number of piperidine rings is 1. The highest BCUT2D eigenvalue weighted by molar-refractivity contribution is 7.89. The fourth-order valence-corrected chi connectivity index (χ4v) is 5.41. The first-order valence-corrected chi connectivity index (χ1v) is 11.9. The van der Waals surface area contributed by atoms with E-state index in [2.05, 4.69) is 24.3 Å². The molecule has 1 fully saturated rings. The maximum absolute atomic E-state index is 12.9. The molecule has 0 saturated carbocycles. The SMILES string of the molecule is NCc1ccc(S(=O)(=O)N2CCC(c3ccc(CCCCC(=O)O)cc3)CC2)cc1. The average Bonchev–Trinajstić information content (AvgIpc) is 2.77. The Balaban J connectivity index is 1.53. The summed E-state index contributed by atoms with van der Waals surface area (Å²) in [7, 11) is -3.47. The van der Waals surface area contributed by atoms with Gasteiger partial charge in [0.25, 0.3) is 0 Å². The molecule has 1 saturated heterocycles. The van der Waals surface area contributed by atoms with Crippen LogP contribution in [0.2, 0.25) is 0 Å². The standard InChI is InChI=1S/C23H30N2O4S/c24-17-19-7-11-22(12-8-19)30(28,29)25-15-13-21(14-16-25)20-9-5-18(6-10-20)3-1-2-4-23(26)27/h5-12,21H,1-4,13-17,24H2,(H,26,27). The third-order valence-electron chi connectivity index (χ3n) is 5.81. The molecule has 0 aliphatic carbocycles. The van der Waals surface area contributed by atoms with Crippen LogP contribution in [0.5, 0.6) is 0 Å². The van der Waals surface area contributed by atoms with Crippen molar-refractivity contribution in [2.75, 3.05) is 13.1 Å². The summed E-state index contributed by atoms with van der Waals surface area (Å²) in [6.07, 6.45) is 4.27. The van der Waals surface area contributed by atoms with Crippen molar-refractivity contribution < 1.29 is 18.3 Å². The Morgan fingerprint density at radius 3 is 2.13 bits per heavy atom. The highest BCUT2D eigenvalue weighted by Crippen LogP contribution is 2.31. The second kappa shape index (κ2) is 10.2. The van der Waals surface area contributed by atoms with E-state index < -0.39 is 16.0 Å². The van der Waals surface area contributed by atoms with Gasteiger partial charge in [-0.05, 0) is 66.8 Å². The monoisotopic (exact) mass is 430 g/mol. The molecule has 0 aromatic heterocycles. The van der Waals surface area contributed by atoms with Crippen molar-refractivity contribution in [3.05, 3.63) is 65.2 Å². The molecule has 0 bridgehead atoms. The Labute approximate surface area is 178 Å². The normalized spacial score (nSPS) is 15.9.